The third kappa shape index (κ3) is 2.58. The Hall–Kier alpha value is -2.70. The maximum absolute atomic E-state index is 12.8. The molecule has 0 fully saturated rings. The lowest BCUT2D eigenvalue weighted by atomic mass is 10.2. The highest BCUT2D eigenvalue weighted by Crippen LogP contribution is 2.20. The van der Waals surface area contributed by atoms with E-state index in [-0.39, 0.29) is 17.6 Å². The number of nitrogens with zero attached hydrogens (tertiary/aromatic N) is 5. The molecule has 1 aromatic carbocycles. The number of benzene rings is 1. The van der Waals surface area contributed by atoms with Gasteiger partial charge in [-0.05, 0) is 39.0 Å². The zero-order valence-electron chi connectivity index (χ0n) is 13.6. The van der Waals surface area contributed by atoms with Crippen LogP contribution in [0.5, 0.6) is 5.75 Å². The van der Waals surface area contributed by atoms with Gasteiger partial charge in [-0.25, -0.2) is 4.98 Å². The van der Waals surface area contributed by atoms with Crippen molar-refractivity contribution in [2.45, 2.75) is 32.9 Å². The molecular formula is C16H19N5O2. The molecule has 3 rings (SSSR count). The van der Waals surface area contributed by atoms with E-state index in [1.165, 1.54) is 0 Å². The Kier molecular flexibility index (Phi) is 3.85. The third-order valence-corrected chi connectivity index (χ3v) is 3.94. The van der Waals surface area contributed by atoms with Crippen LogP contribution in [0.4, 0.5) is 0 Å². The molecule has 2 aromatic heterocycles. The van der Waals surface area contributed by atoms with Crippen molar-refractivity contribution in [3.05, 3.63) is 47.0 Å². The molecule has 0 aliphatic heterocycles. The number of hydrogen-bond donors (Lipinski definition) is 0. The van der Waals surface area contributed by atoms with E-state index in [1.807, 2.05) is 25.3 Å². The van der Waals surface area contributed by atoms with Gasteiger partial charge in [-0.2, -0.15) is 0 Å². The summed E-state index contributed by atoms with van der Waals surface area (Å²) < 4.78 is 8.72. The first kappa shape index (κ1) is 15.2. The van der Waals surface area contributed by atoms with Gasteiger partial charge in [0.25, 0.3) is 5.56 Å². The predicted molar refractivity (Wildman–Crippen MR) is 86.8 cm³/mol. The Morgan fingerprint density at radius 3 is 2.61 bits per heavy atom. The standard InChI is InChI=1S/C16H19N5O2/c1-10(2)20-9-18-19-15(20)11(3)21-8-17-14-6-5-12(23-4)7-13(14)16(21)22/h5-11H,1-4H3/t11-/m1/s1. The normalized spacial score (nSPS) is 12.7. The fourth-order valence-corrected chi connectivity index (χ4v) is 2.59. The van der Waals surface area contributed by atoms with E-state index in [4.69, 9.17) is 4.74 Å². The summed E-state index contributed by atoms with van der Waals surface area (Å²) in [6, 6.07) is 5.22. The van der Waals surface area contributed by atoms with Gasteiger partial charge in [0.1, 0.15) is 12.1 Å². The highest BCUT2D eigenvalue weighted by Gasteiger charge is 2.19. The van der Waals surface area contributed by atoms with Crippen molar-refractivity contribution in [2.75, 3.05) is 7.11 Å². The topological polar surface area (TPSA) is 74.8 Å². The van der Waals surface area contributed by atoms with Crippen LogP contribution in [-0.2, 0) is 0 Å². The summed E-state index contributed by atoms with van der Waals surface area (Å²) in [5.41, 5.74) is 0.518. The van der Waals surface area contributed by atoms with Gasteiger partial charge in [-0.1, -0.05) is 0 Å². The van der Waals surface area contributed by atoms with Crippen molar-refractivity contribution >= 4 is 10.9 Å². The zero-order valence-corrected chi connectivity index (χ0v) is 13.6. The summed E-state index contributed by atoms with van der Waals surface area (Å²) >= 11 is 0. The molecule has 0 unspecified atom stereocenters. The first-order valence-electron chi connectivity index (χ1n) is 7.47. The van der Waals surface area contributed by atoms with Crippen molar-refractivity contribution in [1.29, 1.82) is 0 Å². The summed E-state index contributed by atoms with van der Waals surface area (Å²) in [6.45, 7) is 6.01. The minimum Gasteiger partial charge on any atom is -0.497 e. The largest absolute Gasteiger partial charge is 0.497 e. The van der Waals surface area contributed by atoms with Gasteiger partial charge in [0.05, 0.1) is 30.4 Å². The number of aromatic nitrogens is 5. The lowest BCUT2D eigenvalue weighted by molar-refractivity contribution is 0.415. The van der Waals surface area contributed by atoms with Gasteiger partial charge in [-0.3, -0.25) is 9.36 Å². The van der Waals surface area contributed by atoms with Gasteiger partial charge in [-0.15, -0.1) is 10.2 Å². The summed E-state index contributed by atoms with van der Waals surface area (Å²) in [7, 11) is 1.57. The van der Waals surface area contributed by atoms with Crippen LogP contribution in [0.1, 0.15) is 38.7 Å². The second-order valence-corrected chi connectivity index (χ2v) is 5.71. The van der Waals surface area contributed by atoms with Crippen LogP contribution in [0.25, 0.3) is 10.9 Å². The smallest absolute Gasteiger partial charge is 0.261 e. The minimum atomic E-state index is -0.268. The monoisotopic (exact) mass is 313 g/mol. The second-order valence-electron chi connectivity index (χ2n) is 5.71. The maximum atomic E-state index is 12.8. The number of hydrogen-bond acceptors (Lipinski definition) is 5. The van der Waals surface area contributed by atoms with E-state index >= 15 is 0 Å². The first-order valence-corrected chi connectivity index (χ1v) is 7.47. The molecule has 3 aromatic rings. The molecule has 0 saturated carbocycles. The minimum absolute atomic E-state index is 0.125. The molecule has 0 spiro atoms. The van der Waals surface area contributed by atoms with Crippen molar-refractivity contribution in [3.8, 4) is 5.75 Å². The van der Waals surface area contributed by atoms with E-state index in [1.54, 1.807) is 42.5 Å². The van der Waals surface area contributed by atoms with Crippen molar-refractivity contribution in [2.24, 2.45) is 0 Å². The molecule has 7 nitrogen and oxygen atoms in total. The molecule has 0 aliphatic rings. The summed E-state index contributed by atoms with van der Waals surface area (Å²) in [6.07, 6.45) is 3.24. The Labute approximate surface area is 133 Å². The lowest BCUT2D eigenvalue weighted by Gasteiger charge is -2.17. The molecule has 0 saturated heterocycles. The molecule has 120 valence electrons. The summed E-state index contributed by atoms with van der Waals surface area (Å²) in [5.74, 6) is 1.36. The van der Waals surface area contributed by atoms with Gasteiger partial charge < -0.3 is 9.30 Å². The Bertz CT molecular complexity index is 897. The molecular weight excluding hydrogens is 294 g/mol. The van der Waals surface area contributed by atoms with Crippen molar-refractivity contribution in [1.82, 2.24) is 24.3 Å². The third-order valence-electron chi connectivity index (χ3n) is 3.94. The van der Waals surface area contributed by atoms with Gasteiger partial charge in [0, 0.05) is 6.04 Å². The highest BCUT2D eigenvalue weighted by atomic mass is 16.5. The van der Waals surface area contributed by atoms with Crippen LogP contribution in [0.15, 0.2) is 35.6 Å². The van der Waals surface area contributed by atoms with E-state index in [0.717, 1.165) is 5.82 Å². The average molecular weight is 313 g/mol. The fourth-order valence-electron chi connectivity index (χ4n) is 2.59. The molecule has 0 aliphatic carbocycles. The Morgan fingerprint density at radius 1 is 1.13 bits per heavy atom. The first-order chi connectivity index (χ1) is 11.0. The second kappa shape index (κ2) is 5.83. The van der Waals surface area contributed by atoms with Gasteiger partial charge in [0.15, 0.2) is 5.82 Å². The van der Waals surface area contributed by atoms with Crippen LogP contribution in [0, 0.1) is 0 Å². The molecule has 0 N–H and O–H groups in total. The fraction of sp³-hybridized carbons (Fsp3) is 0.375. The summed E-state index contributed by atoms with van der Waals surface area (Å²) in [4.78, 5) is 17.2. The Morgan fingerprint density at radius 2 is 1.91 bits per heavy atom. The SMILES string of the molecule is COc1ccc2ncn([C@H](C)c3nncn3C(C)C)c(=O)c2c1. The predicted octanol–water partition coefficient (Wildman–Crippen LogP) is 2.19. The molecule has 0 bridgehead atoms. The van der Waals surface area contributed by atoms with Gasteiger partial charge in [0.2, 0.25) is 0 Å². The number of methoxy groups -OCH3 is 1. The highest BCUT2D eigenvalue weighted by molar-refractivity contribution is 5.78. The lowest BCUT2D eigenvalue weighted by Crippen LogP contribution is -2.26. The molecule has 23 heavy (non-hydrogen) atoms. The van der Waals surface area contributed by atoms with E-state index in [9.17, 15) is 4.79 Å². The van der Waals surface area contributed by atoms with Crippen LogP contribution in [0.3, 0.4) is 0 Å². The van der Waals surface area contributed by atoms with Crippen molar-refractivity contribution in [3.63, 3.8) is 0 Å². The molecule has 7 heteroatoms. The maximum Gasteiger partial charge on any atom is 0.261 e. The van der Waals surface area contributed by atoms with E-state index in [2.05, 4.69) is 15.2 Å². The molecule has 2 heterocycles. The van der Waals surface area contributed by atoms with Crippen LogP contribution >= 0.6 is 0 Å². The Balaban J connectivity index is 2.14. The van der Waals surface area contributed by atoms with Crippen LogP contribution < -0.4 is 10.3 Å². The number of fused-ring (bicyclic) bond motifs is 1. The van der Waals surface area contributed by atoms with Crippen molar-refractivity contribution < 1.29 is 4.74 Å². The van der Waals surface area contributed by atoms with Gasteiger partial charge >= 0.3 is 0 Å². The number of rotatable bonds is 4. The molecule has 0 amide bonds. The summed E-state index contributed by atoms with van der Waals surface area (Å²) in [5, 5.41) is 8.66. The molecule has 0 radical (unpaired) electrons. The van der Waals surface area contributed by atoms with E-state index < -0.39 is 0 Å². The average Bonchev–Trinajstić information content (AvgIpc) is 3.04. The molecule has 1 atom stereocenters. The van der Waals surface area contributed by atoms with Crippen LogP contribution in [-0.4, -0.2) is 31.4 Å². The number of ether oxygens (including phenoxy) is 1. The van der Waals surface area contributed by atoms with Crippen LogP contribution in [0.2, 0.25) is 0 Å². The zero-order chi connectivity index (χ0) is 16.6. The quantitative estimate of drug-likeness (QED) is 0.738. The van der Waals surface area contributed by atoms with E-state index in [0.29, 0.717) is 16.7 Å².